The molecule has 0 bridgehead atoms. The second-order valence-corrected chi connectivity index (χ2v) is 10.5. The summed E-state index contributed by atoms with van der Waals surface area (Å²) in [4.78, 5) is 4.46. The van der Waals surface area contributed by atoms with Crippen molar-refractivity contribution in [1.82, 2.24) is 34.1 Å². The van der Waals surface area contributed by atoms with E-state index in [0.29, 0.717) is 5.56 Å². The van der Waals surface area contributed by atoms with Crippen molar-refractivity contribution in [2.24, 2.45) is 0 Å². The van der Waals surface area contributed by atoms with Gasteiger partial charge in [-0.1, -0.05) is 42.1 Å². The molecule has 1 radical (unpaired) electrons. The number of nitrogens with zero attached hydrogens (tertiary/aromatic N) is 7. The molecular formula is C28H29BN7NiOS. The normalized spacial score (nSPS) is 10.9. The van der Waals surface area contributed by atoms with E-state index < -0.39 is 0 Å². The molecule has 6 rings (SSSR count). The molecule has 0 N–H and O–H groups in total. The monoisotopic (exact) mass is 580 g/mol. The molecule has 0 aliphatic rings. The zero-order valence-corrected chi connectivity index (χ0v) is 24.5. The summed E-state index contributed by atoms with van der Waals surface area (Å²) in [5.74, 6) is 0.0292. The molecular weight excluding hydrogens is 552 g/mol. The molecule has 4 aromatic heterocycles. The van der Waals surface area contributed by atoms with Crippen molar-refractivity contribution in [2.75, 3.05) is 0 Å². The maximum Gasteiger partial charge on any atom is 2.00 e. The molecule has 39 heavy (non-hydrogen) atoms. The molecule has 4 heterocycles. The summed E-state index contributed by atoms with van der Waals surface area (Å²) in [6.45, 7) is 12.2. The molecule has 0 spiro atoms. The van der Waals surface area contributed by atoms with Gasteiger partial charge in [-0.05, 0) is 89.0 Å². The van der Waals surface area contributed by atoms with Crippen LogP contribution in [0.2, 0.25) is 0 Å². The van der Waals surface area contributed by atoms with E-state index in [1.807, 2.05) is 70.9 Å². The van der Waals surface area contributed by atoms with E-state index in [4.69, 9.17) is 0 Å². The third-order valence-corrected chi connectivity index (χ3v) is 7.27. The third kappa shape index (κ3) is 5.84. The standard InChI is InChI=1S/C15H21BN6.C13H9NOS.Ni/c1-10-7-13(4)20(17-10)16(21-14(5)8-11(2)18-21)22-15(6)9-12(3)19-22;15-11-7-3-1-5-9(11)13-14-10-6-2-4-8-12(10)16-13;/h7-9H,1-6H3;1-8,15H;/q-1;;+2/p-1. The number of benzene rings is 2. The van der Waals surface area contributed by atoms with Crippen molar-refractivity contribution in [1.29, 1.82) is 0 Å². The largest absolute Gasteiger partial charge is 2.00 e. The minimum absolute atomic E-state index is 0. The Kier molecular flexibility index (Phi) is 8.42. The predicted octanol–water partition coefficient (Wildman–Crippen LogP) is 5.09. The summed E-state index contributed by atoms with van der Waals surface area (Å²) in [5.41, 5.74) is 7.86. The molecule has 11 heteroatoms. The summed E-state index contributed by atoms with van der Waals surface area (Å²) in [6.07, 6.45) is 0. The Balaban J connectivity index is 0.000000184. The van der Waals surface area contributed by atoms with E-state index >= 15 is 0 Å². The van der Waals surface area contributed by atoms with Gasteiger partial charge in [-0.15, -0.1) is 11.3 Å². The molecule has 8 nitrogen and oxygen atoms in total. The fourth-order valence-corrected chi connectivity index (χ4v) is 5.58. The summed E-state index contributed by atoms with van der Waals surface area (Å²) < 4.78 is 7.05. The van der Waals surface area contributed by atoms with Gasteiger partial charge in [0.2, 0.25) is 0 Å². The van der Waals surface area contributed by atoms with Crippen LogP contribution in [0.1, 0.15) is 34.2 Å². The van der Waals surface area contributed by atoms with E-state index in [-0.39, 0.29) is 29.4 Å². The Hall–Kier alpha value is -3.68. The van der Waals surface area contributed by atoms with E-state index in [1.165, 1.54) is 0 Å². The van der Waals surface area contributed by atoms with E-state index in [1.54, 1.807) is 23.5 Å². The van der Waals surface area contributed by atoms with Crippen molar-refractivity contribution in [3.05, 3.63) is 101 Å². The first-order chi connectivity index (χ1) is 18.2. The first-order valence-electron chi connectivity index (χ1n) is 12.4. The summed E-state index contributed by atoms with van der Waals surface area (Å²) in [5, 5.41) is 26.4. The Morgan fingerprint density at radius 2 is 1.13 bits per heavy atom. The van der Waals surface area contributed by atoms with Crippen LogP contribution in [0.5, 0.6) is 5.75 Å². The Bertz CT molecular complexity index is 1590. The quantitative estimate of drug-likeness (QED) is 0.271. The molecule has 0 unspecified atom stereocenters. The molecule has 0 saturated carbocycles. The fourth-order valence-electron chi connectivity index (χ4n) is 4.58. The van der Waals surface area contributed by atoms with Crippen LogP contribution in [0, 0.1) is 41.5 Å². The molecule has 201 valence electrons. The van der Waals surface area contributed by atoms with E-state index in [9.17, 15) is 5.11 Å². The molecule has 6 aromatic rings. The average molecular weight is 581 g/mol. The van der Waals surface area contributed by atoms with Crippen molar-refractivity contribution < 1.29 is 21.6 Å². The van der Waals surface area contributed by atoms with Crippen LogP contribution in [0.15, 0.2) is 66.7 Å². The number of thiazole rings is 1. The topological polar surface area (TPSA) is 89.4 Å². The molecule has 0 saturated heterocycles. The molecule has 0 aliphatic carbocycles. The first-order valence-corrected chi connectivity index (χ1v) is 13.2. The summed E-state index contributed by atoms with van der Waals surface area (Å²) >= 11 is 1.55. The number of hydrogen-bond acceptors (Lipinski definition) is 6. The van der Waals surface area contributed by atoms with Crippen molar-refractivity contribution in [2.45, 2.75) is 41.5 Å². The number of rotatable bonds is 4. The Morgan fingerprint density at radius 1 is 0.667 bits per heavy atom. The number of aromatic nitrogens is 7. The van der Waals surface area contributed by atoms with Crippen LogP contribution in [-0.2, 0) is 16.5 Å². The van der Waals surface area contributed by atoms with Gasteiger partial charge in [-0.3, -0.25) is 0 Å². The van der Waals surface area contributed by atoms with Crippen LogP contribution < -0.4 is 5.11 Å². The number of fused-ring (bicyclic) bond motifs is 1. The maximum atomic E-state index is 11.7. The van der Waals surface area contributed by atoms with E-state index in [0.717, 1.165) is 49.4 Å². The molecule has 0 fully saturated rings. The van der Waals surface area contributed by atoms with Crippen molar-refractivity contribution in [3.63, 3.8) is 0 Å². The minimum Gasteiger partial charge on any atom is -0.872 e. The number of hydrogen-bond donors (Lipinski definition) is 0. The molecule has 0 amide bonds. The van der Waals surface area contributed by atoms with Gasteiger partial charge in [-0.25, -0.2) is 20.3 Å². The number of aryl methyl sites for hydroxylation is 6. The fraction of sp³-hybridized carbons (Fsp3) is 0.214. The van der Waals surface area contributed by atoms with Gasteiger partial charge in [0.25, 0.3) is 7.12 Å². The second kappa shape index (κ2) is 11.6. The van der Waals surface area contributed by atoms with Gasteiger partial charge in [0.15, 0.2) is 0 Å². The van der Waals surface area contributed by atoms with Gasteiger partial charge in [0, 0.05) is 5.56 Å². The van der Waals surface area contributed by atoms with Gasteiger partial charge in [0.1, 0.15) is 5.01 Å². The van der Waals surface area contributed by atoms with Gasteiger partial charge < -0.3 is 18.9 Å². The third-order valence-electron chi connectivity index (χ3n) is 6.20. The van der Waals surface area contributed by atoms with Gasteiger partial charge in [0.05, 0.1) is 27.3 Å². The SMILES string of the molecule is Cc1cc(C)n([B-](n2nc(C)cc2C)n2nc(C)cc2C)n1.[Ni+2].[O-]c1ccccc1-c1nc2ccccc2s1. The van der Waals surface area contributed by atoms with Crippen LogP contribution in [0.25, 0.3) is 20.8 Å². The predicted molar refractivity (Wildman–Crippen MR) is 152 cm³/mol. The van der Waals surface area contributed by atoms with Crippen LogP contribution >= 0.6 is 11.3 Å². The molecule has 2 aromatic carbocycles. The summed E-state index contributed by atoms with van der Waals surface area (Å²) in [7, 11) is -0.226. The molecule has 0 aliphatic heterocycles. The minimum atomic E-state index is -0.226. The zero-order valence-electron chi connectivity index (χ0n) is 22.7. The number of para-hydroxylation sites is 2. The van der Waals surface area contributed by atoms with Crippen LogP contribution in [0.4, 0.5) is 0 Å². The average Bonchev–Trinajstić information content (AvgIpc) is 3.62. The van der Waals surface area contributed by atoms with Crippen LogP contribution in [0.3, 0.4) is 0 Å². The van der Waals surface area contributed by atoms with Gasteiger partial charge in [-0.2, -0.15) is 0 Å². The Labute approximate surface area is 242 Å². The first kappa shape index (κ1) is 28.3. The van der Waals surface area contributed by atoms with Crippen molar-refractivity contribution >= 4 is 28.7 Å². The molecule has 0 atom stereocenters. The second-order valence-electron chi connectivity index (χ2n) is 9.44. The van der Waals surface area contributed by atoms with Crippen molar-refractivity contribution in [3.8, 4) is 16.3 Å². The zero-order chi connectivity index (χ0) is 27.0. The van der Waals surface area contributed by atoms with Crippen LogP contribution in [-0.4, -0.2) is 41.2 Å². The maximum absolute atomic E-state index is 11.7. The van der Waals surface area contributed by atoms with Gasteiger partial charge >= 0.3 is 16.5 Å². The Morgan fingerprint density at radius 3 is 1.56 bits per heavy atom. The van der Waals surface area contributed by atoms with E-state index in [2.05, 4.69) is 59.3 Å². The summed E-state index contributed by atoms with van der Waals surface area (Å²) in [6, 6.07) is 21.1. The smallest absolute Gasteiger partial charge is 0.872 e.